The standard InChI is InChI=1S/C13H15N3O3S/c1-3-11-12(14)15-8-16-13(11)19-9-4-6-10(7-5-9)20(2,17)18/h4-8H,3H2,1-2H3,(H2,14,15,16). The second-order valence-corrected chi connectivity index (χ2v) is 6.26. The maximum Gasteiger partial charge on any atom is 0.227 e. The topological polar surface area (TPSA) is 95.2 Å². The van der Waals surface area contributed by atoms with Gasteiger partial charge >= 0.3 is 0 Å². The molecule has 2 N–H and O–H groups in total. The molecule has 0 aliphatic heterocycles. The van der Waals surface area contributed by atoms with Crippen LogP contribution in [0.3, 0.4) is 0 Å². The Morgan fingerprint density at radius 3 is 2.40 bits per heavy atom. The van der Waals surface area contributed by atoms with Crippen molar-refractivity contribution in [1.29, 1.82) is 0 Å². The number of nitrogen functional groups attached to an aromatic ring is 1. The Bertz CT molecular complexity index is 712. The molecule has 0 saturated carbocycles. The summed E-state index contributed by atoms with van der Waals surface area (Å²) in [5, 5.41) is 0. The summed E-state index contributed by atoms with van der Waals surface area (Å²) in [5.74, 6) is 1.25. The van der Waals surface area contributed by atoms with Gasteiger partial charge in [-0.3, -0.25) is 0 Å². The molecule has 1 aromatic carbocycles. The van der Waals surface area contributed by atoms with Crippen molar-refractivity contribution >= 4 is 15.7 Å². The third kappa shape index (κ3) is 3.05. The molecule has 0 fully saturated rings. The fourth-order valence-electron chi connectivity index (χ4n) is 1.70. The van der Waals surface area contributed by atoms with Crippen LogP contribution >= 0.6 is 0 Å². The van der Waals surface area contributed by atoms with E-state index in [0.29, 0.717) is 23.9 Å². The third-order valence-electron chi connectivity index (χ3n) is 2.76. The summed E-state index contributed by atoms with van der Waals surface area (Å²) in [6, 6.07) is 6.13. The zero-order valence-corrected chi connectivity index (χ0v) is 12.0. The molecule has 0 unspecified atom stereocenters. The van der Waals surface area contributed by atoms with E-state index in [9.17, 15) is 8.42 Å². The number of benzene rings is 1. The van der Waals surface area contributed by atoms with Gasteiger partial charge in [0.2, 0.25) is 5.88 Å². The summed E-state index contributed by atoms with van der Waals surface area (Å²) in [7, 11) is -3.21. The summed E-state index contributed by atoms with van der Waals surface area (Å²) in [4.78, 5) is 8.19. The zero-order valence-electron chi connectivity index (χ0n) is 11.2. The maximum absolute atomic E-state index is 11.4. The van der Waals surface area contributed by atoms with Crippen molar-refractivity contribution in [3.63, 3.8) is 0 Å². The molecule has 7 heteroatoms. The van der Waals surface area contributed by atoms with Gasteiger partial charge in [-0.2, -0.15) is 0 Å². The molecular formula is C13H15N3O3S. The normalized spacial score (nSPS) is 11.3. The molecule has 106 valence electrons. The predicted molar refractivity (Wildman–Crippen MR) is 75.4 cm³/mol. The van der Waals surface area contributed by atoms with E-state index in [-0.39, 0.29) is 4.90 Å². The van der Waals surface area contributed by atoms with Crippen LogP contribution in [0, 0.1) is 0 Å². The lowest BCUT2D eigenvalue weighted by Crippen LogP contribution is -2.02. The molecular weight excluding hydrogens is 278 g/mol. The minimum Gasteiger partial charge on any atom is -0.439 e. The zero-order chi connectivity index (χ0) is 14.8. The van der Waals surface area contributed by atoms with Crippen molar-refractivity contribution in [3.8, 4) is 11.6 Å². The van der Waals surface area contributed by atoms with E-state index in [4.69, 9.17) is 10.5 Å². The quantitative estimate of drug-likeness (QED) is 0.923. The highest BCUT2D eigenvalue weighted by Gasteiger charge is 2.11. The van der Waals surface area contributed by atoms with Crippen LogP contribution in [-0.2, 0) is 16.3 Å². The Morgan fingerprint density at radius 2 is 1.85 bits per heavy atom. The van der Waals surface area contributed by atoms with Gasteiger partial charge in [-0.1, -0.05) is 6.92 Å². The van der Waals surface area contributed by atoms with Crippen molar-refractivity contribution in [1.82, 2.24) is 9.97 Å². The molecule has 2 rings (SSSR count). The fraction of sp³-hybridized carbons (Fsp3) is 0.231. The minimum absolute atomic E-state index is 0.239. The number of rotatable bonds is 4. The number of anilines is 1. The van der Waals surface area contributed by atoms with Crippen molar-refractivity contribution in [2.24, 2.45) is 0 Å². The molecule has 0 bridgehead atoms. The number of nitrogens with two attached hydrogens (primary N) is 1. The van der Waals surface area contributed by atoms with Crippen molar-refractivity contribution in [2.45, 2.75) is 18.2 Å². The third-order valence-corrected chi connectivity index (χ3v) is 3.89. The Balaban J connectivity index is 2.29. The lowest BCUT2D eigenvalue weighted by Gasteiger charge is -2.10. The number of sulfone groups is 1. The molecule has 6 nitrogen and oxygen atoms in total. The summed E-state index contributed by atoms with van der Waals surface area (Å²) in [6.07, 6.45) is 3.13. The lowest BCUT2D eigenvalue weighted by molar-refractivity contribution is 0.455. The van der Waals surface area contributed by atoms with Gasteiger partial charge in [-0.15, -0.1) is 0 Å². The van der Waals surface area contributed by atoms with Crippen LogP contribution in [0.5, 0.6) is 11.6 Å². The Hall–Kier alpha value is -2.15. The number of nitrogens with zero attached hydrogens (tertiary/aromatic N) is 2. The monoisotopic (exact) mass is 293 g/mol. The highest BCUT2D eigenvalue weighted by molar-refractivity contribution is 7.90. The first-order valence-corrected chi connectivity index (χ1v) is 7.88. The van der Waals surface area contributed by atoms with Gasteiger partial charge in [-0.25, -0.2) is 18.4 Å². The smallest absolute Gasteiger partial charge is 0.227 e. The van der Waals surface area contributed by atoms with Gasteiger partial charge in [0.1, 0.15) is 17.9 Å². The van der Waals surface area contributed by atoms with Crippen LogP contribution in [-0.4, -0.2) is 24.6 Å². The first-order valence-electron chi connectivity index (χ1n) is 5.99. The van der Waals surface area contributed by atoms with Gasteiger partial charge in [0, 0.05) is 6.26 Å². The number of ether oxygens (including phenoxy) is 1. The van der Waals surface area contributed by atoms with Crippen LogP contribution in [0.1, 0.15) is 12.5 Å². The molecule has 0 aliphatic carbocycles. The van der Waals surface area contributed by atoms with E-state index < -0.39 is 9.84 Å². The van der Waals surface area contributed by atoms with Crippen molar-refractivity contribution < 1.29 is 13.2 Å². The summed E-state index contributed by atoms with van der Waals surface area (Å²) in [5.41, 5.74) is 6.48. The van der Waals surface area contributed by atoms with Crippen LogP contribution in [0.15, 0.2) is 35.5 Å². The highest BCUT2D eigenvalue weighted by atomic mass is 32.2. The number of hydrogen-bond acceptors (Lipinski definition) is 6. The average molecular weight is 293 g/mol. The molecule has 20 heavy (non-hydrogen) atoms. The molecule has 1 aromatic heterocycles. The first-order chi connectivity index (χ1) is 9.41. The van der Waals surface area contributed by atoms with Crippen LogP contribution < -0.4 is 10.5 Å². The van der Waals surface area contributed by atoms with E-state index in [1.807, 2.05) is 6.92 Å². The minimum atomic E-state index is -3.21. The van der Waals surface area contributed by atoms with Crippen LogP contribution in [0.25, 0.3) is 0 Å². The molecule has 1 heterocycles. The van der Waals surface area contributed by atoms with E-state index in [1.165, 1.54) is 18.5 Å². The largest absolute Gasteiger partial charge is 0.439 e. The molecule has 0 spiro atoms. The van der Waals surface area contributed by atoms with Crippen LogP contribution in [0.2, 0.25) is 0 Å². The molecule has 0 atom stereocenters. The first kappa shape index (κ1) is 14.3. The van der Waals surface area contributed by atoms with Crippen LogP contribution in [0.4, 0.5) is 5.82 Å². The highest BCUT2D eigenvalue weighted by Crippen LogP contribution is 2.26. The maximum atomic E-state index is 11.4. The molecule has 0 amide bonds. The number of aromatic nitrogens is 2. The predicted octanol–water partition coefficient (Wildman–Crippen LogP) is 1.82. The molecule has 0 radical (unpaired) electrons. The Morgan fingerprint density at radius 1 is 1.20 bits per heavy atom. The van der Waals surface area contributed by atoms with Crippen molar-refractivity contribution in [2.75, 3.05) is 12.0 Å². The SMILES string of the molecule is CCc1c(N)ncnc1Oc1ccc(S(C)(=O)=O)cc1. The second kappa shape index (κ2) is 5.46. The number of hydrogen-bond donors (Lipinski definition) is 1. The van der Waals surface area contributed by atoms with Crippen molar-refractivity contribution in [3.05, 3.63) is 36.2 Å². The van der Waals surface area contributed by atoms with Gasteiger partial charge in [-0.05, 0) is 30.7 Å². The van der Waals surface area contributed by atoms with Gasteiger partial charge in [0.15, 0.2) is 9.84 Å². The second-order valence-electron chi connectivity index (χ2n) is 4.24. The van der Waals surface area contributed by atoms with E-state index in [0.717, 1.165) is 11.8 Å². The van der Waals surface area contributed by atoms with E-state index in [1.54, 1.807) is 12.1 Å². The Kier molecular flexibility index (Phi) is 3.89. The summed E-state index contributed by atoms with van der Waals surface area (Å²) in [6.45, 7) is 1.93. The van der Waals surface area contributed by atoms with Gasteiger partial charge in [0.25, 0.3) is 0 Å². The summed E-state index contributed by atoms with van der Waals surface area (Å²) >= 11 is 0. The fourth-order valence-corrected chi connectivity index (χ4v) is 2.33. The summed E-state index contributed by atoms with van der Waals surface area (Å²) < 4.78 is 28.4. The molecule has 0 aliphatic rings. The molecule has 2 aromatic rings. The van der Waals surface area contributed by atoms with Gasteiger partial charge < -0.3 is 10.5 Å². The molecule has 0 saturated heterocycles. The van der Waals surface area contributed by atoms with Gasteiger partial charge in [0.05, 0.1) is 10.5 Å². The lowest BCUT2D eigenvalue weighted by atomic mass is 10.2. The van der Waals surface area contributed by atoms with E-state index in [2.05, 4.69) is 9.97 Å². The average Bonchev–Trinajstić information content (AvgIpc) is 2.38. The Labute approximate surface area is 117 Å². The van der Waals surface area contributed by atoms with E-state index >= 15 is 0 Å².